The predicted octanol–water partition coefficient (Wildman–Crippen LogP) is 2.73. The number of nitrogens with zero attached hydrogens (tertiary/aromatic N) is 3. The summed E-state index contributed by atoms with van der Waals surface area (Å²) >= 11 is 1.45. The number of thiophene rings is 1. The van der Waals surface area contributed by atoms with Gasteiger partial charge in [-0.3, -0.25) is 19.1 Å². The van der Waals surface area contributed by atoms with Crippen LogP contribution in [0.3, 0.4) is 0 Å². The van der Waals surface area contributed by atoms with Crippen LogP contribution in [0.1, 0.15) is 35.7 Å². The number of aromatic nitrogens is 2. The van der Waals surface area contributed by atoms with Gasteiger partial charge in [-0.2, -0.15) is 0 Å². The van der Waals surface area contributed by atoms with Gasteiger partial charge in [-0.15, -0.1) is 11.3 Å². The third kappa shape index (κ3) is 4.92. The van der Waals surface area contributed by atoms with E-state index in [4.69, 9.17) is 0 Å². The zero-order valence-corrected chi connectivity index (χ0v) is 20.6. The van der Waals surface area contributed by atoms with Gasteiger partial charge in [0.25, 0.3) is 21.5 Å². The average molecular weight is 477 g/mol. The lowest BCUT2D eigenvalue weighted by atomic mass is 10.2. The van der Waals surface area contributed by atoms with Gasteiger partial charge in [-0.25, -0.2) is 18.1 Å². The standard InChI is InChI=1S/C22H28N4O4S2/c1-6-25(7-2)12-18-23-21-20(15(4)16(5)31-21)22(28)26(18)13-19(27)24-32(29,30)17-10-8-14(3)9-11-17/h8-11H,6-7,12-13H2,1-5H3,(H,24,27). The fourth-order valence-corrected chi connectivity index (χ4v) is 5.42. The van der Waals surface area contributed by atoms with Crippen LogP contribution in [0.4, 0.5) is 0 Å². The van der Waals surface area contributed by atoms with Crippen molar-refractivity contribution < 1.29 is 13.2 Å². The summed E-state index contributed by atoms with van der Waals surface area (Å²) in [6.45, 7) is 11.1. The second-order valence-corrected chi connectivity index (χ2v) is 10.6. The Balaban J connectivity index is 1.99. The molecule has 0 saturated heterocycles. The number of sulfonamides is 1. The Hall–Kier alpha value is -2.56. The molecule has 0 atom stereocenters. The van der Waals surface area contributed by atoms with Crippen molar-refractivity contribution in [3.63, 3.8) is 0 Å². The molecule has 1 aromatic carbocycles. The third-order valence-corrected chi connectivity index (χ3v) is 8.00. The van der Waals surface area contributed by atoms with Crippen molar-refractivity contribution in [2.24, 2.45) is 0 Å². The van der Waals surface area contributed by atoms with Crippen LogP contribution >= 0.6 is 11.3 Å². The Labute approximate surface area is 192 Å². The van der Waals surface area contributed by atoms with E-state index in [0.717, 1.165) is 29.1 Å². The molecule has 172 valence electrons. The minimum absolute atomic E-state index is 0.00922. The maximum absolute atomic E-state index is 13.3. The fourth-order valence-electron chi connectivity index (χ4n) is 3.40. The molecule has 3 aromatic rings. The van der Waals surface area contributed by atoms with Gasteiger partial charge in [0.05, 0.1) is 16.8 Å². The molecule has 2 heterocycles. The van der Waals surface area contributed by atoms with Gasteiger partial charge < -0.3 is 0 Å². The zero-order valence-electron chi connectivity index (χ0n) is 18.9. The summed E-state index contributed by atoms with van der Waals surface area (Å²) in [6, 6.07) is 6.19. The van der Waals surface area contributed by atoms with Crippen molar-refractivity contribution in [2.75, 3.05) is 13.1 Å². The van der Waals surface area contributed by atoms with E-state index in [0.29, 0.717) is 22.6 Å². The molecule has 0 aliphatic rings. The minimum Gasteiger partial charge on any atom is -0.297 e. The van der Waals surface area contributed by atoms with E-state index in [-0.39, 0.29) is 10.5 Å². The van der Waals surface area contributed by atoms with E-state index >= 15 is 0 Å². The first-order valence-electron chi connectivity index (χ1n) is 10.4. The van der Waals surface area contributed by atoms with Crippen LogP contribution in [-0.2, 0) is 27.9 Å². The Morgan fingerprint density at radius 1 is 1.12 bits per heavy atom. The largest absolute Gasteiger partial charge is 0.297 e. The van der Waals surface area contributed by atoms with Crippen LogP contribution in [0.2, 0.25) is 0 Å². The quantitative estimate of drug-likeness (QED) is 0.536. The Kier molecular flexibility index (Phi) is 7.16. The lowest BCUT2D eigenvalue weighted by molar-refractivity contribution is -0.120. The molecule has 0 aliphatic carbocycles. The molecular formula is C22H28N4O4S2. The van der Waals surface area contributed by atoms with Crippen molar-refractivity contribution in [1.82, 2.24) is 19.2 Å². The number of amides is 1. The summed E-state index contributed by atoms with van der Waals surface area (Å²) in [5.41, 5.74) is 1.41. The van der Waals surface area contributed by atoms with Crippen LogP contribution in [0, 0.1) is 20.8 Å². The minimum atomic E-state index is -4.04. The maximum atomic E-state index is 13.3. The van der Waals surface area contributed by atoms with Gasteiger partial charge in [-0.05, 0) is 51.6 Å². The summed E-state index contributed by atoms with van der Waals surface area (Å²) in [7, 11) is -4.04. The van der Waals surface area contributed by atoms with E-state index in [1.807, 2.05) is 34.6 Å². The summed E-state index contributed by atoms with van der Waals surface area (Å²) in [5, 5.41) is 0.477. The molecule has 32 heavy (non-hydrogen) atoms. The highest BCUT2D eigenvalue weighted by molar-refractivity contribution is 7.90. The molecule has 10 heteroatoms. The zero-order chi connectivity index (χ0) is 23.6. The summed E-state index contributed by atoms with van der Waals surface area (Å²) in [5.74, 6) is -0.352. The van der Waals surface area contributed by atoms with E-state index in [2.05, 4.69) is 14.6 Å². The number of carbonyl (C=O) groups is 1. The molecule has 0 unspecified atom stereocenters. The van der Waals surface area contributed by atoms with Crippen molar-refractivity contribution in [2.45, 2.75) is 52.6 Å². The van der Waals surface area contributed by atoms with Gasteiger partial charge in [0, 0.05) is 4.88 Å². The number of carbonyl (C=O) groups excluding carboxylic acids is 1. The highest BCUT2D eigenvalue weighted by Gasteiger charge is 2.22. The first kappa shape index (κ1) is 24.1. The van der Waals surface area contributed by atoms with Gasteiger partial charge in [0.2, 0.25) is 0 Å². The van der Waals surface area contributed by atoms with Crippen molar-refractivity contribution in [1.29, 1.82) is 0 Å². The molecule has 0 radical (unpaired) electrons. The highest BCUT2D eigenvalue weighted by Crippen LogP contribution is 2.26. The third-order valence-electron chi connectivity index (χ3n) is 5.51. The second kappa shape index (κ2) is 9.51. The van der Waals surface area contributed by atoms with Gasteiger partial charge in [-0.1, -0.05) is 31.5 Å². The summed E-state index contributed by atoms with van der Waals surface area (Å²) in [4.78, 5) is 34.4. The molecule has 1 amide bonds. The van der Waals surface area contributed by atoms with E-state index in [1.54, 1.807) is 12.1 Å². The Bertz CT molecular complexity index is 1300. The van der Waals surface area contributed by atoms with Crippen molar-refractivity contribution in [3.05, 3.63) is 56.4 Å². The van der Waals surface area contributed by atoms with Crippen LogP contribution in [-0.4, -0.2) is 41.9 Å². The molecule has 0 spiro atoms. The molecule has 8 nitrogen and oxygen atoms in total. The number of hydrogen-bond acceptors (Lipinski definition) is 7. The number of aryl methyl sites for hydroxylation is 3. The lowest BCUT2D eigenvalue weighted by Gasteiger charge is -2.20. The number of benzene rings is 1. The van der Waals surface area contributed by atoms with Gasteiger partial charge >= 0.3 is 0 Å². The molecule has 0 fully saturated rings. The predicted molar refractivity (Wildman–Crippen MR) is 126 cm³/mol. The average Bonchev–Trinajstić information content (AvgIpc) is 3.02. The highest BCUT2D eigenvalue weighted by atomic mass is 32.2. The number of nitrogens with one attached hydrogen (secondary N) is 1. The molecule has 3 rings (SSSR count). The molecule has 1 N–H and O–H groups in total. The first-order chi connectivity index (χ1) is 15.1. The van der Waals surface area contributed by atoms with E-state index in [9.17, 15) is 18.0 Å². The van der Waals surface area contributed by atoms with Crippen LogP contribution < -0.4 is 10.3 Å². The monoisotopic (exact) mass is 476 g/mol. The van der Waals surface area contributed by atoms with Crippen molar-refractivity contribution in [3.8, 4) is 0 Å². The number of rotatable bonds is 8. The normalized spacial score (nSPS) is 11.9. The van der Waals surface area contributed by atoms with E-state index < -0.39 is 22.5 Å². The lowest BCUT2D eigenvalue weighted by Crippen LogP contribution is -2.38. The first-order valence-corrected chi connectivity index (χ1v) is 12.7. The Morgan fingerprint density at radius 3 is 2.34 bits per heavy atom. The van der Waals surface area contributed by atoms with Crippen molar-refractivity contribution >= 4 is 37.5 Å². The summed E-state index contributed by atoms with van der Waals surface area (Å²) < 4.78 is 28.6. The van der Waals surface area contributed by atoms with Gasteiger partial charge in [0.1, 0.15) is 17.2 Å². The molecule has 0 aliphatic heterocycles. The molecule has 0 saturated carbocycles. The molecular weight excluding hydrogens is 448 g/mol. The SMILES string of the molecule is CCN(CC)Cc1nc2sc(C)c(C)c2c(=O)n1CC(=O)NS(=O)(=O)c1ccc(C)cc1. The number of hydrogen-bond donors (Lipinski definition) is 1. The summed E-state index contributed by atoms with van der Waals surface area (Å²) in [6.07, 6.45) is 0. The number of fused-ring (bicyclic) bond motifs is 1. The second-order valence-electron chi connectivity index (χ2n) is 7.69. The van der Waals surface area contributed by atoms with Crippen LogP contribution in [0.15, 0.2) is 34.0 Å². The molecule has 2 aromatic heterocycles. The fraction of sp³-hybridized carbons (Fsp3) is 0.409. The van der Waals surface area contributed by atoms with Gasteiger partial charge in [0.15, 0.2) is 0 Å². The van der Waals surface area contributed by atoms with Crippen LogP contribution in [0.5, 0.6) is 0 Å². The van der Waals surface area contributed by atoms with E-state index in [1.165, 1.54) is 28.0 Å². The maximum Gasteiger partial charge on any atom is 0.264 e. The molecule has 0 bridgehead atoms. The van der Waals surface area contributed by atoms with Crippen LogP contribution in [0.25, 0.3) is 10.2 Å². The topological polar surface area (TPSA) is 101 Å². The Morgan fingerprint density at radius 2 is 1.75 bits per heavy atom. The smallest absolute Gasteiger partial charge is 0.264 e.